The Morgan fingerprint density at radius 1 is 1.11 bits per heavy atom. The molecule has 0 aliphatic carbocycles. The summed E-state index contributed by atoms with van der Waals surface area (Å²) in [5, 5.41) is 3.09. The fourth-order valence-electron chi connectivity index (χ4n) is 3.01. The van der Waals surface area contributed by atoms with E-state index in [4.69, 9.17) is 0 Å². The number of rotatable bonds is 7. The molecular weight excluding hydrogens is 352 g/mol. The molecule has 2 N–H and O–H groups in total. The van der Waals surface area contributed by atoms with Gasteiger partial charge >= 0.3 is 0 Å². The maximum absolute atomic E-state index is 12.4. The van der Waals surface area contributed by atoms with Crippen LogP contribution in [0, 0.1) is 5.92 Å². The first-order valence-electron chi connectivity index (χ1n) is 9.37. The second-order valence-corrected chi connectivity index (χ2v) is 7.13. The number of carbonyl (C=O) groups excluding carboxylic acids is 1. The van der Waals surface area contributed by atoms with Gasteiger partial charge in [0.05, 0.1) is 11.7 Å². The lowest BCUT2D eigenvalue weighted by Crippen LogP contribution is -2.31. The molecule has 1 atom stereocenters. The molecular formula is C22H24N4O2. The molecule has 0 saturated carbocycles. The second kappa shape index (κ2) is 9.08. The quantitative estimate of drug-likeness (QED) is 0.662. The van der Waals surface area contributed by atoms with E-state index in [0.717, 1.165) is 5.56 Å². The lowest BCUT2D eigenvalue weighted by molar-refractivity contribution is -0.122. The summed E-state index contributed by atoms with van der Waals surface area (Å²) in [6.07, 6.45) is 2.52. The van der Waals surface area contributed by atoms with Crippen LogP contribution in [0.4, 0.5) is 0 Å². The van der Waals surface area contributed by atoms with Gasteiger partial charge in [0, 0.05) is 25.1 Å². The zero-order chi connectivity index (χ0) is 19.9. The highest BCUT2D eigenvalue weighted by atomic mass is 16.1. The normalized spacial score (nSPS) is 12.0. The van der Waals surface area contributed by atoms with Gasteiger partial charge in [-0.1, -0.05) is 50.2 Å². The third-order valence-electron chi connectivity index (χ3n) is 4.25. The van der Waals surface area contributed by atoms with Gasteiger partial charge in [0.25, 0.3) is 5.56 Å². The molecule has 0 unspecified atom stereocenters. The molecule has 1 amide bonds. The minimum Gasteiger partial charge on any atom is -0.349 e. The molecule has 0 fully saturated rings. The van der Waals surface area contributed by atoms with E-state index in [-0.39, 0.29) is 23.4 Å². The number of amides is 1. The first-order valence-corrected chi connectivity index (χ1v) is 9.37. The number of aromatic amines is 1. The number of nitrogens with zero attached hydrogens (tertiary/aromatic N) is 2. The van der Waals surface area contributed by atoms with E-state index in [0.29, 0.717) is 30.1 Å². The molecule has 2 aromatic heterocycles. The van der Waals surface area contributed by atoms with E-state index in [1.807, 2.05) is 50.2 Å². The van der Waals surface area contributed by atoms with Crippen molar-refractivity contribution < 1.29 is 4.79 Å². The third kappa shape index (κ3) is 5.36. The van der Waals surface area contributed by atoms with Crippen LogP contribution in [0.5, 0.6) is 0 Å². The summed E-state index contributed by atoms with van der Waals surface area (Å²) in [7, 11) is 0. The standard InChI is InChI=1S/C22H24N4O2/c1-15(2)12-20(27)25-19(16-8-4-3-5-9-16)13-17-14-21(28)26-22(24-17)18-10-6-7-11-23-18/h3-11,14-15,19H,12-13H2,1-2H3,(H,25,27)(H,24,26,28)/t19-/m1/s1. The molecule has 3 aromatic rings. The molecule has 0 aliphatic heterocycles. The van der Waals surface area contributed by atoms with Crippen LogP contribution in [0.1, 0.15) is 37.6 Å². The molecule has 0 saturated heterocycles. The topological polar surface area (TPSA) is 87.7 Å². The largest absolute Gasteiger partial charge is 0.349 e. The van der Waals surface area contributed by atoms with Crippen LogP contribution in [0.15, 0.2) is 65.6 Å². The minimum atomic E-state index is -0.265. The monoisotopic (exact) mass is 376 g/mol. The van der Waals surface area contributed by atoms with Gasteiger partial charge in [-0.05, 0) is 23.6 Å². The Morgan fingerprint density at radius 2 is 1.86 bits per heavy atom. The number of benzene rings is 1. The number of carbonyl (C=O) groups is 1. The van der Waals surface area contributed by atoms with Crippen molar-refractivity contribution in [3.63, 3.8) is 0 Å². The van der Waals surface area contributed by atoms with Crippen molar-refractivity contribution in [2.75, 3.05) is 0 Å². The average molecular weight is 376 g/mol. The van der Waals surface area contributed by atoms with Crippen LogP contribution >= 0.6 is 0 Å². The fraction of sp³-hybridized carbons (Fsp3) is 0.273. The Labute approximate surface area is 164 Å². The van der Waals surface area contributed by atoms with Crippen molar-refractivity contribution in [3.8, 4) is 11.5 Å². The van der Waals surface area contributed by atoms with E-state index in [9.17, 15) is 9.59 Å². The van der Waals surface area contributed by atoms with Gasteiger partial charge in [0.2, 0.25) is 5.91 Å². The molecule has 144 valence electrons. The highest BCUT2D eigenvalue weighted by Gasteiger charge is 2.18. The van der Waals surface area contributed by atoms with Gasteiger partial charge < -0.3 is 10.3 Å². The molecule has 2 heterocycles. The summed E-state index contributed by atoms with van der Waals surface area (Å²) in [6.45, 7) is 4.02. The number of hydrogen-bond donors (Lipinski definition) is 2. The summed E-state index contributed by atoms with van der Waals surface area (Å²) in [5.74, 6) is 0.673. The van der Waals surface area contributed by atoms with Gasteiger partial charge in [-0.3, -0.25) is 14.6 Å². The molecule has 3 rings (SSSR count). The second-order valence-electron chi connectivity index (χ2n) is 7.13. The van der Waals surface area contributed by atoms with Crippen LogP contribution in [0.25, 0.3) is 11.5 Å². The van der Waals surface area contributed by atoms with E-state index in [1.54, 1.807) is 18.3 Å². The van der Waals surface area contributed by atoms with E-state index in [1.165, 1.54) is 6.07 Å². The lowest BCUT2D eigenvalue weighted by Gasteiger charge is -2.20. The van der Waals surface area contributed by atoms with Crippen molar-refractivity contribution in [3.05, 3.63) is 82.4 Å². The number of pyridine rings is 1. The Morgan fingerprint density at radius 3 is 2.54 bits per heavy atom. The van der Waals surface area contributed by atoms with Gasteiger partial charge in [0.1, 0.15) is 5.69 Å². The Bertz CT molecular complexity index is 969. The van der Waals surface area contributed by atoms with Crippen molar-refractivity contribution >= 4 is 5.91 Å². The first-order chi connectivity index (χ1) is 13.5. The number of aromatic nitrogens is 3. The summed E-state index contributed by atoms with van der Waals surface area (Å²) in [6, 6.07) is 16.4. The van der Waals surface area contributed by atoms with Crippen molar-refractivity contribution in [1.82, 2.24) is 20.3 Å². The van der Waals surface area contributed by atoms with Crippen LogP contribution in [-0.2, 0) is 11.2 Å². The van der Waals surface area contributed by atoms with Gasteiger partial charge in [-0.2, -0.15) is 0 Å². The highest BCUT2D eigenvalue weighted by Crippen LogP contribution is 2.19. The maximum Gasteiger partial charge on any atom is 0.251 e. The summed E-state index contributed by atoms with van der Waals surface area (Å²) >= 11 is 0. The number of nitrogens with one attached hydrogen (secondary N) is 2. The van der Waals surface area contributed by atoms with Crippen molar-refractivity contribution in [1.29, 1.82) is 0 Å². The van der Waals surface area contributed by atoms with Crippen LogP contribution < -0.4 is 10.9 Å². The zero-order valence-electron chi connectivity index (χ0n) is 16.1. The Balaban J connectivity index is 1.89. The van der Waals surface area contributed by atoms with Crippen LogP contribution in [0.2, 0.25) is 0 Å². The average Bonchev–Trinajstić information content (AvgIpc) is 2.68. The zero-order valence-corrected chi connectivity index (χ0v) is 16.1. The molecule has 28 heavy (non-hydrogen) atoms. The molecule has 6 nitrogen and oxygen atoms in total. The van der Waals surface area contributed by atoms with Gasteiger partial charge in [-0.25, -0.2) is 4.98 Å². The predicted molar refractivity (Wildman–Crippen MR) is 109 cm³/mol. The van der Waals surface area contributed by atoms with E-state index < -0.39 is 0 Å². The van der Waals surface area contributed by atoms with Crippen LogP contribution in [0.3, 0.4) is 0 Å². The third-order valence-corrected chi connectivity index (χ3v) is 4.25. The molecule has 0 bridgehead atoms. The van der Waals surface area contributed by atoms with E-state index >= 15 is 0 Å². The first kappa shape index (κ1) is 19.5. The number of H-pyrrole nitrogens is 1. The summed E-state index contributed by atoms with van der Waals surface area (Å²) in [5.41, 5.74) is 1.93. The van der Waals surface area contributed by atoms with Crippen molar-refractivity contribution in [2.24, 2.45) is 5.92 Å². The van der Waals surface area contributed by atoms with Crippen molar-refractivity contribution in [2.45, 2.75) is 32.7 Å². The molecule has 0 spiro atoms. The summed E-state index contributed by atoms with van der Waals surface area (Å²) < 4.78 is 0. The fourth-order valence-corrected chi connectivity index (χ4v) is 3.01. The van der Waals surface area contributed by atoms with Crippen LogP contribution in [-0.4, -0.2) is 20.9 Å². The minimum absolute atomic E-state index is 0.0151. The molecule has 0 aliphatic rings. The predicted octanol–water partition coefficient (Wildman–Crippen LogP) is 3.28. The van der Waals surface area contributed by atoms with Gasteiger partial charge in [-0.15, -0.1) is 0 Å². The highest BCUT2D eigenvalue weighted by molar-refractivity contribution is 5.76. The van der Waals surface area contributed by atoms with Gasteiger partial charge in [0.15, 0.2) is 5.82 Å². The Hall–Kier alpha value is -3.28. The smallest absolute Gasteiger partial charge is 0.251 e. The lowest BCUT2D eigenvalue weighted by atomic mass is 10.0. The summed E-state index contributed by atoms with van der Waals surface area (Å²) in [4.78, 5) is 36.1. The Kier molecular flexibility index (Phi) is 6.32. The SMILES string of the molecule is CC(C)CC(=O)N[C@H](Cc1cc(=O)[nH]c(-c2ccccn2)n1)c1ccccc1. The molecule has 1 aromatic carbocycles. The molecule has 6 heteroatoms. The molecule has 0 radical (unpaired) electrons. The maximum atomic E-state index is 12.4. The number of hydrogen-bond acceptors (Lipinski definition) is 4. The van der Waals surface area contributed by atoms with E-state index in [2.05, 4.69) is 20.3 Å².